The summed E-state index contributed by atoms with van der Waals surface area (Å²) >= 11 is 0. The molecular weight excluding hydrogens is 214 g/mol. The number of methoxy groups -OCH3 is 1. The molecule has 1 fully saturated rings. The van der Waals surface area contributed by atoms with Crippen molar-refractivity contribution in [2.45, 2.75) is 44.6 Å². The molecule has 1 heterocycles. The molecule has 17 heavy (non-hydrogen) atoms. The van der Waals surface area contributed by atoms with Crippen LogP contribution in [0.15, 0.2) is 6.20 Å². The molecule has 1 aliphatic rings. The Kier molecular flexibility index (Phi) is 3.43. The van der Waals surface area contributed by atoms with Crippen LogP contribution in [0.5, 0.6) is 5.75 Å². The van der Waals surface area contributed by atoms with Crippen molar-refractivity contribution in [2.75, 3.05) is 13.7 Å². The summed E-state index contributed by atoms with van der Waals surface area (Å²) in [5.41, 5.74) is 1.42. The van der Waals surface area contributed by atoms with Gasteiger partial charge >= 0.3 is 0 Å². The van der Waals surface area contributed by atoms with Crippen molar-refractivity contribution in [2.24, 2.45) is 7.05 Å². The summed E-state index contributed by atoms with van der Waals surface area (Å²) in [5, 5.41) is 7.87. The third-order valence-electron chi connectivity index (χ3n) is 3.93. The number of nitrogens with one attached hydrogen (secondary N) is 1. The summed E-state index contributed by atoms with van der Waals surface area (Å²) in [6.45, 7) is 5.54. The Morgan fingerprint density at radius 3 is 3.06 bits per heavy atom. The first-order valence-electron chi connectivity index (χ1n) is 6.40. The molecule has 1 aliphatic carbocycles. The molecule has 0 aromatic carbocycles. The summed E-state index contributed by atoms with van der Waals surface area (Å²) in [7, 11) is 3.73. The van der Waals surface area contributed by atoms with E-state index < -0.39 is 0 Å². The number of aryl methyl sites for hydroxylation is 1. The van der Waals surface area contributed by atoms with Crippen LogP contribution in [0.2, 0.25) is 0 Å². The largest absolute Gasteiger partial charge is 0.493 e. The summed E-state index contributed by atoms with van der Waals surface area (Å²) < 4.78 is 7.40. The van der Waals surface area contributed by atoms with Crippen molar-refractivity contribution in [1.82, 2.24) is 15.1 Å². The van der Waals surface area contributed by atoms with Gasteiger partial charge in [-0.2, -0.15) is 5.10 Å². The monoisotopic (exact) mass is 237 g/mol. The highest BCUT2D eigenvalue weighted by Crippen LogP contribution is 2.44. The number of nitrogens with zero attached hydrogens (tertiary/aromatic N) is 2. The van der Waals surface area contributed by atoms with Gasteiger partial charge in [0.1, 0.15) is 0 Å². The van der Waals surface area contributed by atoms with E-state index in [0.29, 0.717) is 6.04 Å². The maximum Gasteiger partial charge on any atom is 0.160 e. The SMILES string of the molecule is CCNC1CCC(C)(c2c(OC)cnn2C)C1. The van der Waals surface area contributed by atoms with Gasteiger partial charge in [-0.25, -0.2) is 0 Å². The number of rotatable bonds is 4. The van der Waals surface area contributed by atoms with Crippen molar-refractivity contribution < 1.29 is 4.74 Å². The van der Waals surface area contributed by atoms with E-state index in [1.165, 1.54) is 18.5 Å². The molecule has 4 heteroatoms. The minimum atomic E-state index is 0.184. The first-order chi connectivity index (χ1) is 8.10. The number of ether oxygens (including phenoxy) is 1. The first-order valence-corrected chi connectivity index (χ1v) is 6.40. The van der Waals surface area contributed by atoms with Gasteiger partial charge in [-0.05, 0) is 25.8 Å². The Hall–Kier alpha value is -1.03. The topological polar surface area (TPSA) is 39.1 Å². The van der Waals surface area contributed by atoms with Crippen molar-refractivity contribution in [3.63, 3.8) is 0 Å². The van der Waals surface area contributed by atoms with Crippen LogP contribution in [0.1, 0.15) is 38.8 Å². The van der Waals surface area contributed by atoms with E-state index in [2.05, 4.69) is 24.3 Å². The summed E-state index contributed by atoms with van der Waals surface area (Å²) in [5.74, 6) is 0.923. The molecule has 0 aliphatic heterocycles. The predicted octanol–water partition coefficient (Wildman–Crippen LogP) is 1.85. The molecule has 1 aromatic heterocycles. The molecule has 0 amide bonds. The molecule has 0 bridgehead atoms. The molecule has 0 saturated heterocycles. The van der Waals surface area contributed by atoms with E-state index in [-0.39, 0.29) is 5.41 Å². The molecule has 1 aromatic rings. The minimum absolute atomic E-state index is 0.184. The van der Waals surface area contributed by atoms with Crippen LogP contribution in [0.3, 0.4) is 0 Å². The molecule has 1 saturated carbocycles. The van der Waals surface area contributed by atoms with Gasteiger partial charge in [-0.3, -0.25) is 4.68 Å². The van der Waals surface area contributed by atoms with Gasteiger partial charge in [-0.15, -0.1) is 0 Å². The zero-order valence-corrected chi connectivity index (χ0v) is 11.3. The average Bonchev–Trinajstić information content (AvgIpc) is 2.84. The highest BCUT2D eigenvalue weighted by Gasteiger charge is 2.40. The molecule has 96 valence electrons. The van der Waals surface area contributed by atoms with Crippen LogP contribution in [-0.2, 0) is 12.5 Å². The van der Waals surface area contributed by atoms with Crippen LogP contribution < -0.4 is 10.1 Å². The van der Waals surface area contributed by atoms with Crippen LogP contribution in [0.4, 0.5) is 0 Å². The fraction of sp³-hybridized carbons (Fsp3) is 0.769. The second-order valence-corrected chi connectivity index (χ2v) is 5.24. The molecule has 4 nitrogen and oxygen atoms in total. The molecule has 2 atom stereocenters. The third-order valence-corrected chi connectivity index (χ3v) is 3.93. The van der Waals surface area contributed by atoms with E-state index in [0.717, 1.165) is 18.7 Å². The van der Waals surface area contributed by atoms with Crippen LogP contribution in [0.25, 0.3) is 0 Å². The van der Waals surface area contributed by atoms with Crippen LogP contribution in [-0.4, -0.2) is 29.5 Å². The average molecular weight is 237 g/mol. The maximum atomic E-state index is 5.44. The van der Waals surface area contributed by atoms with Crippen molar-refractivity contribution in [3.8, 4) is 5.75 Å². The summed E-state index contributed by atoms with van der Waals surface area (Å²) in [6.07, 6.45) is 5.41. The number of hydrogen-bond donors (Lipinski definition) is 1. The standard InChI is InChI=1S/C13H23N3O/c1-5-14-10-6-7-13(2,8-10)12-11(17-4)9-15-16(12)3/h9-10,14H,5-8H2,1-4H3. The number of hydrogen-bond acceptors (Lipinski definition) is 3. The van der Waals surface area contributed by atoms with Gasteiger partial charge in [0.05, 0.1) is 19.0 Å². The molecule has 2 rings (SSSR count). The normalized spacial score (nSPS) is 28.6. The maximum absolute atomic E-state index is 5.44. The fourth-order valence-electron chi connectivity index (χ4n) is 3.17. The molecule has 2 unspecified atom stereocenters. The lowest BCUT2D eigenvalue weighted by atomic mass is 9.84. The Bertz CT molecular complexity index is 388. The van der Waals surface area contributed by atoms with Gasteiger partial charge in [-0.1, -0.05) is 13.8 Å². The highest BCUT2D eigenvalue weighted by molar-refractivity contribution is 5.33. The number of aromatic nitrogens is 2. The molecule has 0 spiro atoms. The predicted molar refractivity (Wildman–Crippen MR) is 68.4 cm³/mol. The Morgan fingerprint density at radius 2 is 2.41 bits per heavy atom. The van der Waals surface area contributed by atoms with Crippen molar-refractivity contribution in [3.05, 3.63) is 11.9 Å². The lowest BCUT2D eigenvalue weighted by Gasteiger charge is -2.25. The highest BCUT2D eigenvalue weighted by atomic mass is 16.5. The lowest BCUT2D eigenvalue weighted by molar-refractivity contribution is 0.370. The second kappa shape index (κ2) is 4.69. The van der Waals surface area contributed by atoms with E-state index >= 15 is 0 Å². The van der Waals surface area contributed by atoms with E-state index in [4.69, 9.17) is 4.74 Å². The van der Waals surface area contributed by atoms with Crippen LogP contribution in [0, 0.1) is 0 Å². The minimum Gasteiger partial charge on any atom is -0.493 e. The molecule has 0 radical (unpaired) electrons. The van der Waals surface area contributed by atoms with Gasteiger partial charge in [0.25, 0.3) is 0 Å². The zero-order chi connectivity index (χ0) is 12.5. The third kappa shape index (κ3) is 2.18. The quantitative estimate of drug-likeness (QED) is 0.868. The Labute approximate surface area is 103 Å². The smallest absolute Gasteiger partial charge is 0.160 e. The zero-order valence-electron chi connectivity index (χ0n) is 11.3. The van der Waals surface area contributed by atoms with Gasteiger partial charge in [0.15, 0.2) is 5.75 Å². The molecule has 1 N–H and O–H groups in total. The van der Waals surface area contributed by atoms with Crippen molar-refractivity contribution in [1.29, 1.82) is 0 Å². The van der Waals surface area contributed by atoms with Crippen molar-refractivity contribution >= 4 is 0 Å². The van der Waals surface area contributed by atoms with E-state index in [1.807, 2.05) is 17.9 Å². The Morgan fingerprint density at radius 1 is 1.65 bits per heavy atom. The first kappa shape index (κ1) is 12.4. The fourth-order valence-corrected chi connectivity index (χ4v) is 3.17. The summed E-state index contributed by atoms with van der Waals surface area (Å²) in [6, 6.07) is 0.629. The summed E-state index contributed by atoms with van der Waals surface area (Å²) in [4.78, 5) is 0. The lowest BCUT2D eigenvalue weighted by Crippen LogP contribution is -2.29. The van der Waals surface area contributed by atoms with Gasteiger partial charge < -0.3 is 10.1 Å². The van der Waals surface area contributed by atoms with Gasteiger partial charge in [0.2, 0.25) is 0 Å². The Balaban J connectivity index is 2.24. The van der Waals surface area contributed by atoms with E-state index in [1.54, 1.807) is 7.11 Å². The van der Waals surface area contributed by atoms with Crippen LogP contribution >= 0.6 is 0 Å². The van der Waals surface area contributed by atoms with E-state index in [9.17, 15) is 0 Å². The molecular formula is C13H23N3O. The second-order valence-electron chi connectivity index (χ2n) is 5.24. The van der Waals surface area contributed by atoms with Gasteiger partial charge in [0, 0.05) is 18.5 Å².